The first-order valence-corrected chi connectivity index (χ1v) is 11.1. The van der Waals surface area contributed by atoms with Crippen LogP contribution in [-0.4, -0.2) is 76.3 Å². The van der Waals surface area contributed by atoms with E-state index in [9.17, 15) is 4.79 Å². The van der Waals surface area contributed by atoms with E-state index < -0.39 is 0 Å². The average molecular weight is 450 g/mol. The average Bonchev–Trinajstić information content (AvgIpc) is 3.20. The Morgan fingerprint density at radius 2 is 2.03 bits per heavy atom. The number of aryl methyl sites for hydroxylation is 1. The van der Waals surface area contributed by atoms with Gasteiger partial charge in [-0.2, -0.15) is 5.10 Å². The smallest absolute Gasteiger partial charge is 0.246 e. The molecule has 1 fully saturated rings. The van der Waals surface area contributed by atoms with Crippen LogP contribution in [-0.2, 0) is 4.79 Å². The molecule has 1 saturated heterocycles. The standard InChI is InChI=1S/C24H31N7O2/c1-16-7-8-17(14-19(16)33-4)22-21-23(25)26-15-27-24(21)31(28-22)18-9-12-30(13-10-18)20(32)6-5-11-29(2)3/h5-8,14-15,18H,9-13H2,1-4H3,(H2,25,26,27). The van der Waals surface area contributed by atoms with Gasteiger partial charge in [-0.25, -0.2) is 14.6 Å². The van der Waals surface area contributed by atoms with Gasteiger partial charge in [0.2, 0.25) is 5.91 Å². The van der Waals surface area contributed by atoms with E-state index in [2.05, 4.69) is 9.97 Å². The maximum atomic E-state index is 12.5. The van der Waals surface area contributed by atoms with Crippen molar-refractivity contribution in [1.29, 1.82) is 0 Å². The van der Waals surface area contributed by atoms with Crippen LogP contribution in [0.1, 0.15) is 24.4 Å². The SMILES string of the molecule is COc1cc(-c2nn(C3CCN(C(=O)C=CCN(C)C)CC3)c3ncnc(N)c23)ccc1C. The monoisotopic (exact) mass is 449 g/mol. The van der Waals surface area contributed by atoms with Crippen LogP contribution in [0.15, 0.2) is 36.7 Å². The highest BCUT2D eigenvalue weighted by atomic mass is 16.5. The van der Waals surface area contributed by atoms with Gasteiger partial charge in [-0.05, 0) is 45.5 Å². The van der Waals surface area contributed by atoms with Gasteiger partial charge in [0.1, 0.15) is 23.6 Å². The number of amides is 1. The van der Waals surface area contributed by atoms with Crippen molar-refractivity contribution >= 4 is 22.8 Å². The highest BCUT2D eigenvalue weighted by molar-refractivity contribution is 5.98. The summed E-state index contributed by atoms with van der Waals surface area (Å²) in [5.74, 6) is 1.25. The lowest BCUT2D eigenvalue weighted by Crippen LogP contribution is -2.38. The molecule has 1 aromatic carbocycles. The molecule has 1 aliphatic heterocycles. The van der Waals surface area contributed by atoms with Crippen LogP contribution in [0.2, 0.25) is 0 Å². The molecule has 0 aliphatic carbocycles. The molecule has 2 aromatic heterocycles. The Balaban J connectivity index is 1.61. The van der Waals surface area contributed by atoms with E-state index in [0.29, 0.717) is 24.6 Å². The second kappa shape index (κ2) is 9.58. The molecule has 3 heterocycles. The molecule has 9 heteroatoms. The fourth-order valence-corrected chi connectivity index (χ4v) is 4.22. The number of hydrogen-bond donors (Lipinski definition) is 1. The molecule has 0 saturated carbocycles. The van der Waals surface area contributed by atoms with E-state index >= 15 is 0 Å². The first kappa shape index (κ1) is 22.7. The van der Waals surface area contributed by atoms with Crippen molar-refractivity contribution in [2.45, 2.75) is 25.8 Å². The van der Waals surface area contributed by atoms with Gasteiger partial charge in [-0.3, -0.25) is 4.79 Å². The lowest BCUT2D eigenvalue weighted by molar-refractivity contribution is -0.127. The third kappa shape index (κ3) is 4.68. The summed E-state index contributed by atoms with van der Waals surface area (Å²) in [5, 5.41) is 5.69. The van der Waals surface area contributed by atoms with E-state index in [1.54, 1.807) is 13.2 Å². The summed E-state index contributed by atoms with van der Waals surface area (Å²) in [5.41, 5.74) is 9.68. The van der Waals surface area contributed by atoms with Gasteiger partial charge in [0.05, 0.1) is 18.5 Å². The second-order valence-corrected chi connectivity index (χ2v) is 8.66. The molecule has 3 aromatic rings. The number of anilines is 1. The number of carbonyl (C=O) groups is 1. The molecule has 1 amide bonds. The summed E-state index contributed by atoms with van der Waals surface area (Å²) in [7, 11) is 5.61. The van der Waals surface area contributed by atoms with Gasteiger partial charge in [-0.1, -0.05) is 18.2 Å². The van der Waals surface area contributed by atoms with Gasteiger partial charge in [0.15, 0.2) is 5.65 Å². The van der Waals surface area contributed by atoms with Crippen molar-refractivity contribution in [1.82, 2.24) is 29.5 Å². The van der Waals surface area contributed by atoms with Crippen molar-refractivity contribution in [3.8, 4) is 17.0 Å². The third-order valence-corrected chi connectivity index (χ3v) is 6.05. The van der Waals surface area contributed by atoms with Crippen molar-refractivity contribution in [2.24, 2.45) is 0 Å². The van der Waals surface area contributed by atoms with E-state index in [4.69, 9.17) is 15.6 Å². The Hall–Kier alpha value is -3.46. The van der Waals surface area contributed by atoms with E-state index in [0.717, 1.165) is 47.3 Å². The molecular formula is C24H31N7O2. The Kier molecular flexibility index (Phi) is 6.60. The molecule has 174 valence electrons. The number of rotatable bonds is 6. The Bertz CT molecular complexity index is 1180. The number of nitrogens with two attached hydrogens (primary N) is 1. The van der Waals surface area contributed by atoms with E-state index in [-0.39, 0.29) is 11.9 Å². The molecule has 0 bridgehead atoms. The first-order chi connectivity index (χ1) is 15.9. The first-order valence-electron chi connectivity index (χ1n) is 11.1. The van der Waals surface area contributed by atoms with Gasteiger partial charge in [-0.15, -0.1) is 0 Å². The minimum absolute atomic E-state index is 0.0552. The van der Waals surface area contributed by atoms with Crippen LogP contribution in [0.25, 0.3) is 22.3 Å². The summed E-state index contributed by atoms with van der Waals surface area (Å²) in [6, 6.07) is 6.11. The number of likely N-dealkylation sites (tertiary alicyclic amines) is 1. The zero-order valence-corrected chi connectivity index (χ0v) is 19.7. The number of aromatic nitrogens is 4. The molecular weight excluding hydrogens is 418 g/mol. The molecule has 4 rings (SSSR count). The number of piperidine rings is 1. The van der Waals surface area contributed by atoms with E-state index in [1.165, 1.54) is 6.33 Å². The van der Waals surface area contributed by atoms with Crippen LogP contribution in [0.3, 0.4) is 0 Å². The van der Waals surface area contributed by atoms with E-state index in [1.807, 2.05) is 59.8 Å². The van der Waals surface area contributed by atoms with Gasteiger partial charge in [0.25, 0.3) is 0 Å². The zero-order chi connectivity index (χ0) is 23.5. The number of likely N-dealkylation sites (N-methyl/N-ethyl adjacent to an activating group) is 1. The number of nitrogens with zero attached hydrogens (tertiary/aromatic N) is 6. The number of fused-ring (bicyclic) bond motifs is 1. The van der Waals surface area contributed by atoms with Crippen LogP contribution >= 0.6 is 0 Å². The topological polar surface area (TPSA) is 102 Å². The number of benzene rings is 1. The molecule has 33 heavy (non-hydrogen) atoms. The molecule has 0 spiro atoms. The summed E-state index contributed by atoms with van der Waals surface area (Å²) < 4.78 is 7.46. The molecule has 1 aliphatic rings. The number of carbonyl (C=O) groups excluding carboxylic acids is 1. The number of hydrogen-bond acceptors (Lipinski definition) is 7. The molecule has 2 N–H and O–H groups in total. The van der Waals surface area contributed by atoms with Crippen LogP contribution in [0.5, 0.6) is 5.75 Å². The Labute approximate surface area is 193 Å². The van der Waals surface area contributed by atoms with Crippen molar-refractivity contribution in [3.05, 3.63) is 42.2 Å². The maximum absolute atomic E-state index is 12.5. The van der Waals surface area contributed by atoms with Crippen LogP contribution in [0.4, 0.5) is 5.82 Å². The fourth-order valence-electron chi connectivity index (χ4n) is 4.22. The number of nitrogen functional groups attached to an aromatic ring is 1. The predicted octanol–water partition coefficient (Wildman–Crippen LogP) is 2.67. The predicted molar refractivity (Wildman–Crippen MR) is 129 cm³/mol. The summed E-state index contributed by atoms with van der Waals surface area (Å²) >= 11 is 0. The lowest BCUT2D eigenvalue weighted by Gasteiger charge is -2.31. The van der Waals surface area contributed by atoms with Crippen molar-refractivity contribution < 1.29 is 9.53 Å². The van der Waals surface area contributed by atoms with Crippen LogP contribution < -0.4 is 10.5 Å². The maximum Gasteiger partial charge on any atom is 0.246 e. The highest BCUT2D eigenvalue weighted by Crippen LogP contribution is 2.35. The fraction of sp³-hybridized carbons (Fsp3) is 0.417. The quantitative estimate of drug-likeness (QED) is 0.577. The summed E-state index contributed by atoms with van der Waals surface area (Å²) in [4.78, 5) is 25.1. The summed E-state index contributed by atoms with van der Waals surface area (Å²) in [6.45, 7) is 4.09. The van der Waals surface area contributed by atoms with Gasteiger partial charge >= 0.3 is 0 Å². The zero-order valence-electron chi connectivity index (χ0n) is 19.7. The van der Waals surface area contributed by atoms with Crippen molar-refractivity contribution in [3.63, 3.8) is 0 Å². The molecule has 0 unspecified atom stereocenters. The minimum atomic E-state index is 0.0552. The molecule has 0 radical (unpaired) electrons. The Morgan fingerprint density at radius 3 is 2.73 bits per heavy atom. The largest absolute Gasteiger partial charge is 0.496 e. The van der Waals surface area contributed by atoms with Gasteiger partial charge < -0.3 is 20.3 Å². The number of methoxy groups -OCH3 is 1. The van der Waals surface area contributed by atoms with Crippen molar-refractivity contribution in [2.75, 3.05) is 46.6 Å². The molecule has 9 nitrogen and oxygen atoms in total. The Morgan fingerprint density at radius 1 is 1.27 bits per heavy atom. The van der Waals surface area contributed by atoms with Crippen LogP contribution in [0, 0.1) is 6.92 Å². The minimum Gasteiger partial charge on any atom is -0.496 e. The third-order valence-electron chi connectivity index (χ3n) is 6.05. The highest BCUT2D eigenvalue weighted by Gasteiger charge is 2.27. The summed E-state index contributed by atoms with van der Waals surface area (Å²) in [6.07, 6.45) is 6.64. The van der Waals surface area contributed by atoms with Gasteiger partial charge in [0, 0.05) is 31.3 Å². The number of ether oxygens (including phenoxy) is 1. The normalized spacial score (nSPS) is 15.1. The lowest BCUT2D eigenvalue weighted by atomic mass is 10.0. The second-order valence-electron chi connectivity index (χ2n) is 8.66. The molecule has 0 atom stereocenters.